The number of benzene rings is 2. The van der Waals surface area contributed by atoms with Crippen LogP contribution in [0.2, 0.25) is 0 Å². The fourth-order valence-corrected chi connectivity index (χ4v) is 3.27. The molecule has 110 valence electrons. The molecule has 3 heteroatoms. The van der Waals surface area contributed by atoms with E-state index in [-0.39, 0.29) is 11.5 Å². The molecule has 1 N–H and O–H groups in total. The first-order valence-electron chi connectivity index (χ1n) is 7.36. The molecule has 0 saturated carbocycles. The van der Waals surface area contributed by atoms with E-state index in [0.29, 0.717) is 6.42 Å². The van der Waals surface area contributed by atoms with Crippen LogP contribution in [0.25, 0.3) is 0 Å². The maximum absolute atomic E-state index is 13.7. The van der Waals surface area contributed by atoms with Gasteiger partial charge < -0.3 is 5.11 Å². The van der Waals surface area contributed by atoms with Crippen LogP contribution in [0.1, 0.15) is 48.0 Å². The molecular formula is C18H18F2O. The summed E-state index contributed by atoms with van der Waals surface area (Å²) in [4.78, 5) is 0. The molecule has 0 amide bonds. The second kappa shape index (κ2) is 5.94. The molecule has 21 heavy (non-hydrogen) atoms. The Hall–Kier alpha value is -1.74. The van der Waals surface area contributed by atoms with Crippen LogP contribution in [0.15, 0.2) is 42.5 Å². The van der Waals surface area contributed by atoms with E-state index in [4.69, 9.17) is 0 Å². The summed E-state index contributed by atoms with van der Waals surface area (Å²) in [6.07, 6.45) is 2.55. The molecule has 2 atom stereocenters. The van der Waals surface area contributed by atoms with Gasteiger partial charge >= 0.3 is 0 Å². The number of aliphatic hydroxyl groups excluding tert-OH is 1. The Balaban J connectivity index is 1.82. The third-order valence-electron chi connectivity index (χ3n) is 4.32. The Labute approximate surface area is 123 Å². The van der Waals surface area contributed by atoms with Gasteiger partial charge in [-0.3, -0.25) is 0 Å². The van der Waals surface area contributed by atoms with Crippen LogP contribution in [-0.4, -0.2) is 5.11 Å². The average Bonchev–Trinajstić information content (AvgIpc) is 2.50. The van der Waals surface area contributed by atoms with E-state index in [9.17, 15) is 13.9 Å². The van der Waals surface area contributed by atoms with Gasteiger partial charge in [0.1, 0.15) is 11.6 Å². The van der Waals surface area contributed by atoms with Crippen molar-refractivity contribution in [1.82, 2.24) is 0 Å². The van der Waals surface area contributed by atoms with Gasteiger partial charge in [-0.05, 0) is 60.9 Å². The molecular weight excluding hydrogens is 270 g/mol. The van der Waals surface area contributed by atoms with Crippen LogP contribution in [-0.2, 0) is 6.42 Å². The van der Waals surface area contributed by atoms with Crippen molar-refractivity contribution >= 4 is 0 Å². The van der Waals surface area contributed by atoms with E-state index < -0.39 is 17.7 Å². The summed E-state index contributed by atoms with van der Waals surface area (Å²) in [5, 5.41) is 10.3. The molecule has 0 spiro atoms. The SMILES string of the molecule is OC(CC1CCCc2ccccc21)c1cc(F)ccc1F. The molecule has 0 aromatic heterocycles. The lowest BCUT2D eigenvalue weighted by atomic mass is 9.79. The maximum Gasteiger partial charge on any atom is 0.129 e. The van der Waals surface area contributed by atoms with Crippen molar-refractivity contribution in [2.75, 3.05) is 0 Å². The first-order chi connectivity index (χ1) is 10.1. The molecule has 0 fully saturated rings. The van der Waals surface area contributed by atoms with Crippen molar-refractivity contribution in [3.63, 3.8) is 0 Å². The molecule has 2 unspecified atom stereocenters. The predicted octanol–water partition coefficient (Wildman–Crippen LogP) is 4.51. The lowest BCUT2D eigenvalue weighted by Crippen LogP contribution is -2.14. The van der Waals surface area contributed by atoms with Gasteiger partial charge in [-0.15, -0.1) is 0 Å². The molecule has 0 bridgehead atoms. The molecule has 2 aromatic carbocycles. The fraction of sp³-hybridized carbons (Fsp3) is 0.333. The second-order valence-electron chi connectivity index (χ2n) is 5.71. The molecule has 1 aliphatic rings. The van der Waals surface area contributed by atoms with E-state index in [1.807, 2.05) is 12.1 Å². The molecule has 0 heterocycles. The zero-order valence-electron chi connectivity index (χ0n) is 11.7. The highest BCUT2D eigenvalue weighted by Gasteiger charge is 2.24. The number of hydrogen-bond donors (Lipinski definition) is 1. The summed E-state index contributed by atoms with van der Waals surface area (Å²) in [6.45, 7) is 0. The van der Waals surface area contributed by atoms with Crippen LogP contribution in [0.4, 0.5) is 8.78 Å². The Morgan fingerprint density at radius 1 is 1.14 bits per heavy atom. The Bertz CT molecular complexity index is 639. The number of fused-ring (bicyclic) bond motifs is 1. The first kappa shape index (κ1) is 14.2. The minimum atomic E-state index is -0.975. The zero-order valence-corrected chi connectivity index (χ0v) is 11.7. The van der Waals surface area contributed by atoms with E-state index in [0.717, 1.165) is 37.5 Å². The standard InChI is InChI=1S/C18H18F2O/c19-14-8-9-17(20)16(11-14)18(21)10-13-6-3-5-12-4-1-2-7-15(12)13/h1-2,4,7-9,11,13,18,21H,3,5-6,10H2. The normalized spacial score (nSPS) is 19.1. The van der Waals surface area contributed by atoms with Crippen molar-refractivity contribution in [3.05, 3.63) is 70.8 Å². The van der Waals surface area contributed by atoms with Crippen molar-refractivity contribution in [2.24, 2.45) is 0 Å². The number of rotatable bonds is 3. The highest BCUT2D eigenvalue weighted by molar-refractivity contribution is 5.33. The van der Waals surface area contributed by atoms with Gasteiger partial charge in [0.15, 0.2) is 0 Å². The van der Waals surface area contributed by atoms with Gasteiger partial charge in [0, 0.05) is 5.56 Å². The highest BCUT2D eigenvalue weighted by Crippen LogP contribution is 2.38. The average molecular weight is 288 g/mol. The van der Waals surface area contributed by atoms with Gasteiger partial charge in [-0.25, -0.2) is 8.78 Å². The van der Waals surface area contributed by atoms with Crippen LogP contribution >= 0.6 is 0 Å². The van der Waals surface area contributed by atoms with E-state index >= 15 is 0 Å². The predicted molar refractivity (Wildman–Crippen MR) is 78.1 cm³/mol. The van der Waals surface area contributed by atoms with Crippen LogP contribution in [0, 0.1) is 11.6 Å². The summed E-state index contributed by atoms with van der Waals surface area (Å²) in [7, 11) is 0. The summed E-state index contributed by atoms with van der Waals surface area (Å²) in [6, 6.07) is 11.4. The number of aryl methyl sites for hydroxylation is 1. The van der Waals surface area contributed by atoms with Gasteiger partial charge in [-0.1, -0.05) is 24.3 Å². The maximum atomic E-state index is 13.7. The Kier molecular flexibility index (Phi) is 4.02. The Morgan fingerprint density at radius 2 is 1.95 bits per heavy atom. The number of hydrogen-bond acceptors (Lipinski definition) is 1. The molecule has 2 aromatic rings. The number of aliphatic hydroxyl groups is 1. The van der Waals surface area contributed by atoms with Gasteiger partial charge in [-0.2, -0.15) is 0 Å². The monoisotopic (exact) mass is 288 g/mol. The quantitative estimate of drug-likeness (QED) is 0.881. The third-order valence-corrected chi connectivity index (χ3v) is 4.32. The minimum absolute atomic E-state index is 0.0538. The molecule has 0 saturated heterocycles. The summed E-state index contributed by atoms with van der Waals surface area (Å²) in [5.41, 5.74) is 2.60. The summed E-state index contributed by atoms with van der Waals surface area (Å²) >= 11 is 0. The van der Waals surface area contributed by atoms with E-state index in [1.165, 1.54) is 11.1 Å². The van der Waals surface area contributed by atoms with Crippen molar-refractivity contribution in [1.29, 1.82) is 0 Å². The molecule has 0 radical (unpaired) electrons. The van der Waals surface area contributed by atoms with Gasteiger partial charge in [0.05, 0.1) is 6.10 Å². The van der Waals surface area contributed by atoms with Crippen LogP contribution in [0.5, 0.6) is 0 Å². The molecule has 0 aliphatic heterocycles. The topological polar surface area (TPSA) is 20.2 Å². The molecule has 1 aliphatic carbocycles. The lowest BCUT2D eigenvalue weighted by molar-refractivity contribution is 0.149. The van der Waals surface area contributed by atoms with E-state index in [2.05, 4.69) is 12.1 Å². The van der Waals surface area contributed by atoms with Crippen molar-refractivity contribution < 1.29 is 13.9 Å². The largest absolute Gasteiger partial charge is 0.388 e. The van der Waals surface area contributed by atoms with Gasteiger partial charge in [0.25, 0.3) is 0 Å². The van der Waals surface area contributed by atoms with Crippen LogP contribution in [0.3, 0.4) is 0 Å². The number of halogens is 2. The smallest absolute Gasteiger partial charge is 0.129 e. The van der Waals surface area contributed by atoms with Crippen molar-refractivity contribution in [2.45, 2.75) is 37.7 Å². The minimum Gasteiger partial charge on any atom is -0.388 e. The van der Waals surface area contributed by atoms with E-state index in [1.54, 1.807) is 0 Å². The Morgan fingerprint density at radius 3 is 2.81 bits per heavy atom. The summed E-state index contributed by atoms with van der Waals surface area (Å²) < 4.78 is 27.0. The van der Waals surface area contributed by atoms with Gasteiger partial charge in [0.2, 0.25) is 0 Å². The summed E-state index contributed by atoms with van der Waals surface area (Å²) in [5.74, 6) is -0.866. The first-order valence-corrected chi connectivity index (χ1v) is 7.36. The third kappa shape index (κ3) is 2.98. The molecule has 3 rings (SSSR count). The second-order valence-corrected chi connectivity index (χ2v) is 5.71. The fourth-order valence-electron chi connectivity index (χ4n) is 3.27. The lowest BCUT2D eigenvalue weighted by Gasteiger charge is -2.27. The highest BCUT2D eigenvalue weighted by atomic mass is 19.1. The molecule has 1 nitrogen and oxygen atoms in total. The zero-order chi connectivity index (χ0) is 14.8. The van der Waals surface area contributed by atoms with Crippen molar-refractivity contribution in [3.8, 4) is 0 Å². The van der Waals surface area contributed by atoms with Crippen LogP contribution < -0.4 is 0 Å².